The highest BCUT2D eigenvalue weighted by Crippen LogP contribution is 2.23. The third kappa shape index (κ3) is 3.65. The van der Waals surface area contributed by atoms with E-state index in [0.29, 0.717) is 5.56 Å². The molecule has 0 radical (unpaired) electrons. The molecular weight excluding hydrogens is 302 g/mol. The first-order valence-corrected chi connectivity index (χ1v) is 8.23. The van der Waals surface area contributed by atoms with E-state index >= 15 is 0 Å². The van der Waals surface area contributed by atoms with Crippen LogP contribution in [0.5, 0.6) is 0 Å². The normalized spacial score (nSPS) is 13.8. The van der Waals surface area contributed by atoms with Gasteiger partial charge in [-0.15, -0.1) is 0 Å². The Bertz CT molecular complexity index is 748. The average Bonchev–Trinajstić information content (AvgIpc) is 3.16. The zero-order valence-corrected chi connectivity index (χ0v) is 13.8. The lowest BCUT2D eigenvalue weighted by Crippen LogP contribution is -2.27. The molecule has 24 heavy (non-hydrogen) atoms. The molecule has 3 rings (SSSR count). The van der Waals surface area contributed by atoms with E-state index in [0.717, 1.165) is 42.6 Å². The second-order valence-corrected chi connectivity index (χ2v) is 6.03. The van der Waals surface area contributed by atoms with Crippen LogP contribution in [0.3, 0.4) is 0 Å². The minimum atomic E-state index is -0.259. The van der Waals surface area contributed by atoms with Gasteiger partial charge in [-0.3, -0.25) is 9.59 Å². The van der Waals surface area contributed by atoms with Crippen molar-refractivity contribution in [1.82, 2.24) is 4.90 Å². The fourth-order valence-electron chi connectivity index (χ4n) is 3.03. The molecule has 0 N–H and O–H groups in total. The van der Waals surface area contributed by atoms with Crippen molar-refractivity contribution in [3.8, 4) is 11.1 Å². The number of amides is 1. The lowest BCUT2D eigenvalue weighted by molar-refractivity contribution is -0.139. The van der Waals surface area contributed by atoms with Gasteiger partial charge in [-0.25, -0.2) is 0 Å². The second-order valence-electron chi connectivity index (χ2n) is 6.03. The fourth-order valence-corrected chi connectivity index (χ4v) is 3.03. The molecule has 0 aromatic heterocycles. The first kappa shape index (κ1) is 16.2. The molecule has 1 fully saturated rings. The van der Waals surface area contributed by atoms with Gasteiger partial charge in [0.2, 0.25) is 0 Å². The molecular formula is C20H21NO3. The van der Waals surface area contributed by atoms with Crippen molar-refractivity contribution in [2.45, 2.75) is 19.3 Å². The Balaban J connectivity index is 1.84. The highest BCUT2D eigenvalue weighted by molar-refractivity contribution is 5.95. The van der Waals surface area contributed by atoms with Gasteiger partial charge < -0.3 is 9.64 Å². The Hall–Kier alpha value is -2.62. The fraction of sp³-hybridized carbons (Fsp3) is 0.300. The Morgan fingerprint density at radius 1 is 1.00 bits per heavy atom. The molecule has 0 atom stereocenters. The first-order valence-electron chi connectivity index (χ1n) is 8.23. The summed E-state index contributed by atoms with van der Waals surface area (Å²) >= 11 is 0. The Morgan fingerprint density at radius 3 is 2.38 bits per heavy atom. The van der Waals surface area contributed by atoms with Crippen LogP contribution in [-0.4, -0.2) is 37.0 Å². The maximum atomic E-state index is 12.5. The molecule has 0 aliphatic carbocycles. The number of benzene rings is 2. The van der Waals surface area contributed by atoms with Crippen molar-refractivity contribution in [2.24, 2.45) is 0 Å². The summed E-state index contributed by atoms with van der Waals surface area (Å²) in [5.74, 6) is -0.162. The highest BCUT2D eigenvalue weighted by Gasteiger charge is 2.19. The summed E-state index contributed by atoms with van der Waals surface area (Å²) in [6, 6.07) is 15.5. The summed E-state index contributed by atoms with van der Waals surface area (Å²) in [6.07, 6.45) is 2.42. The van der Waals surface area contributed by atoms with Gasteiger partial charge in [0.25, 0.3) is 5.91 Å². The third-order valence-corrected chi connectivity index (χ3v) is 4.34. The number of methoxy groups -OCH3 is 1. The van der Waals surface area contributed by atoms with Crippen LogP contribution in [0, 0.1) is 0 Å². The minimum absolute atomic E-state index is 0.0973. The van der Waals surface area contributed by atoms with Gasteiger partial charge in [-0.2, -0.15) is 0 Å². The molecule has 0 spiro atoms. The molecule has 124 valence electrons. The number of ether oxygens (including phenoxy) is 1. The maximum Gasteiger partial charge on any atom is 0.309 e. The van der Waals surface area contributed by atoms with Crippen LogP contribution < -0.4 is 0 Å². The molecule has 0 bridgehead atoms. The molecule has 1 aliphatic rings. The smallest absolute Gasteiger partial charge is 0.309 e. The first-order chi connectivity index (χ1) is 11.7. The second kappa shape index (κ2) is 7.30. The van der Waals surface area contributed by atoms with E-state index in [9.17, 15) is 9.59 Å². The van der Waals surface area contributed by atoms with Crippen LogP contribution in [-0.2, 0) is 16.0 Å². The monoisotopic (exact) mass is 323 g/mol. The van der Waals surface area contributed by atoms with Gasteiger partial charge in [0.15, 0.2) is 0 Å². The van der Waals surface area contributed by atoms with Crippen molar-refractivity contribution in [3.05, 3.63) is 59.7 Å². The summed E-state index contributed by atoms with van der Waals surface area (Å²) in [5.41, 5.74) is 3.59. The van der Waals surface area contributed by atoms with Crippen molar-refractivity contribution in [1.29, 1.82) is 0 Å². The van der Waals surface area contributed by atoms with Gasteiger partial charge in [-0.1, -0.05) is 36.4 Å². The Morgan fingerprint density at radius 2 is 1.67 bits per heavy atom. The minimum Gasteiger partial charge on any atom is -0.469 e. The maximum absolute atomic E-state index is 12.5. The summed E-state index contributed by atoms with van der Waals surface area (Å²) in [5, 5.41) is 0. The summed E-state index contributed by atoms with van der Waals surface area (Å²) in [6.45, 7) is 1.69. The number of rotatable bonds is 4. The highest BCUT2D eigenvalue weighted by atomic mass is 16.5. The van der Waals surface area contributed by atoms with E-state index in [2.05, 4.69) is 0 Å². The van der Waals surface area contributed by atoms with E-state index in [-0.39, 0.29) is 18.3 Å². The van der Waals surface area contributed by atoms with Crippen LogP contribution >= 0.6 is 0 Å². The van der Waals surface area contributed by atoms with Gasteiger partial charge in [0, 0.05) is 18.7 Å². The number of carbonyl (C=O) groups is 2. The molecule has 1 heterocycles. The molecule has 2 aromatic rings. The predicted octanol–water partition coefficient (Wildman–Crippen LogP) is 3.31. The standard InChI is InChI=1S/C20H21NO3/c1-24-19(22)13-15-6-4-7-16(12-15)17-8-5-9-18(14-17)20(23)21-10-2-3-11-21/h4-9,12,14H,2-3,10-11,13H2,1H3. The summed E-state index contributed by atoms with van der Waals surface area (Å²) < 4.78 is 4.72. The topological polar surface area (TPSA) is 46.6 Å². The molecule has 2 aromatic carbocycles. The van der Waals surface area contributed by atoms with Crippen molar-refractivity contribution < 1.29 is 14.3 Å². The molecule has 4 heteroatoms. The van der Waals surface area contributed by atoms with Gasteiger partial charge in [0.05, 0.1) is 13.5 Å². The SMILES string of the molecule is COC(=O)Cc1cccc(-c2cccc(C(=O)N3CCCC3)c2)c1. The third-order valence-electron chi connectivity index (χ3n) is 4.34. The largest absolute Gasteiger partial charge is 0.469 e. The van der Waals surface area contributed by atoms with Crippen LogP contribution in [0.25, 0.3) is 11.1 Å². The number of nitrogens with zero attached hydrogens (tertiary/aromatic N) is 1. The Labute approximate surface area is 142 Å². The van der Waals surface area contributed by atoms with E-state index < -0.39 is 0 Å². The number of likely N-dealkylation sites (tertiary alicyclic amines) is 1. The van der Waals surface area contributed by atoms with Crippen LogP contribution in [0.1, 0.15) is 28.8 Å². The lowest BCUT2D eigenvalue weighted by Gasteiger charge is -2.15. The number of hydrogen-bond acceptors (Lipinski definition) is 3. The quantitative estimate of drug-likeness (QED) is 0.811. The molecule has 0 unspecified atom stereocenters. The number of esters is 1. The van der Waals surface area contributed by atoms with Crippen LogP contribution in [0.15, 0.2) is 48.5 Å². The van der Waals surface area contributed by atoms with E-state index in [1.54, 1.807) is 0 Å². The van der Waals surface area contributed by atoms with Crippen LogP contribution in [0.2, 0.25) is 0 Å². The predicted molar refractivity (Wildman–Crippen MR) is 92.7 cm³/mol. The molecule has 1 amide bonds. The van der Waals surface area contributed by atoms with Crippen LogP contribution in [0.4, 0.5) is 0 Å². The van der Waals surface area contributed by atoms with E-state index in [4.69, 9.17) is 4.74 Å². The zero-order valence-electron chi connectivity index (χ0n) is 13.8. The summed E-state index contributed by atoms with van der Waals surface area (Å²) in [4.78, 5) is 25.9. The van der Waals surface area contributed by atoms with E-state index in [1.807, 2.05) is 53.4 Å². The van der Waals surface area contributed by atoms with Gasteiger partial charge >= 0.3 is 5.97 Å². The van der Waals surface area contributed by atoms with E-state index in [1.165, 1.54) is 7.11 Å². The van der Waals surface area contributed by atoms with Crippen molar-refractivity contribution in [3.63, 3.8) is 0 Å². The van der Waals surface area contributed by atoms with Crippen molar-refractivity contribution in [2.75, 3.05) is 20.2 Å². The molecule has 1 aliphatic heterocycles. The molecule has 4 nitrogen and oxygen atoms in total. The van der Waals surface area contributed by atoms with Gasteiger partial charge in [-0.05, 0) is 41.7 Å². The Kier molecular flexibility index (Phi) is 4.94. The molecule has 1 saturated heterocycles. The lowest BCUT2D eigenvalue weighted by atomic mass is 10.00. The number of carbonyl (C=O) groups excluding carboxylic acids is 2. The molecule has 0 saturated carbocycles. The number of hydrogen-bond donors (Lipinski definition) is 0. The average molecular weight is 323 g/mol. The van der Waals surface area contributed by atoms with Crippen molar-refractivity contribution >= 4 is 11.9 Å². The van der Waals surface area contributed by atoms with Gasteiger partial charge in [0.1, 0.15) is 0 Å². The zero-order chi connectivity index (χ0) is 16.9. The summed E-state index contributed by atoms with van der Waals surface area (Å²) in [7, 11) is 1.39.